The quantitative estimate of drug-likeness (QED) is 0.820. The first-order valence-corrected chi connectivity index (χ1v) is 5.84. The third-order valence-corrected chi connectivity index (χ3v) is 2.86. The summed E-state index contributed by atoms with van der Waals surface area (Å²) in [5, 5.41) is 0.638. The third kappa shape index (κ3) is 2.98. The summed E-state index contributed by atoms with van der Waals surface area (Å²) in [6.45, 7) is 4.45. The molecule has 0 saturated carbocycles. The van der Waals surface area contributed by atoms with E-state index in [1.54, 1.807) is 6.20 Å². The minimum atomic E-state index is 0.440. The average Bonchev–Trinajstić information content (AvgIpc) is 2.30. The highest BCUT2D eigenvalue weighted by atomic mass is 35.5. The summed E-state index contributed by atoms with van der Waals surface area (Å²) in [5.74, 6) is 0.697. The molecule has 3 heteroatoms. The van der Waals surface area contributed by atoms with Crippen LogP contribution in [0.5, 0.6) is 5.75 Å². The van der Waals surface area contributed by atoms with Crippen LogP contribution in [0.25, 0.3) is 0 Å². The summed E-state index contributed by atoms with van der Waals surface area (Å²) in [5.41, 5.74) is 3.18. The molecule has 2 rings (SSSR count). The monoisotopic (exact) mass is 247 g/mol. The zero-order valence-corrected chi connectivity index (χ0v) is 10.7. The first-order valence-electron chi connectivity index (χ1n) is 5.46. The highest BCUT2D eigenvalue weighted by molar-refractivity contribution is 6.32. The standard InChI is InChI=1S/C14H14ClNO/c1-10-5-6-14(12(15)8-10)17-9-13-11(2)4-3-7-16-13/h3-8H,9H2,1-2H3. The maximum atomic E-state index is 6.09. The number of halogens is 1. The van der Waals surface area contributed by atoms with Crippen molar-refractivity contribution in [2.75, 3.05) is 0 Å². The fraction of sp³-hybridized carbons (Fsp3) is 0.214. The van der Waals surface area contributed by atoms with Crippen LogP contribution in [-0.4, -0.2) is 4.98 Å². The Kier molecular flexibility index (Phi) is 3.64. The number of ether oxygens (including phenoxy) is 1. The summed E-state index contributed by atoms with van der Waals surface area (Å²) < 4.78 is 5.66. The molecule has 0 N–H and O–H groups in total. The minimum Gasteiger partial charge on any atom is -0.486 e. The zero-order valence-electron chi connectivity index (χ0n) is 9.90. The molecule has 0 atom stereocenters. The van der Waals surface area contributed by atoms with E-state index in [9.17, 15) is 0 Å². The van der Waals surface area contributed by atoms with Gasteiger partial charge in [0.05, 0.1) is 10.7 Å². The molecule has 0 fully saturated rings. The lowest BCUT2D eigenvalue weighted by Crippen LogP contribution is -2.00. The molecule has 0 radical (unpaired) electrons. The van der Waals surface area contributed by atoms with Gasteiger partial charge in [-0.3, -0.25) is 4.98 Å². The van der Waals surface area contributed by atoms with Crippen LogP contribution < -0.4 is 4.74 Å². The molecule has 0 aliphatic heterocycles. The Morgan fingerprint density at radius 2 is 2.06 bits per heavy atom. The van der Waals surface area contributed by atoms with Crippen molar-refractivity contribution in [1.82, 2.24) is 4.98 Å². The second kappa shape index (κ2) is 5.19. The van der Waals surface area contributed by atoms with E-state index >= 15 is 0 Å². The number of rotatable bonds is 3. The molecule has 0 aliphatic rings. The lowest BCUT2D eigenvalue weighted by Gasteiger charge is -2.09. The normalized spacial score (nSPS) is 10.3. The van der Waals surface area contributed by atoms with Gasteiger partial charge < -0.3 is 4.74 Å². The van der Waals surface area contributed by atoms with Crippen molar-refractivity contribution in [2.24, 2.45) is 0 Å². The van der Waals surface area contributed by atoms with Gasteiger partial charge in [-0.15, -0.1) is 0 Å². The minimum absolute atomic E-state index is 0.440. The van der Waals surface area contributed by atoms with Crippen molar-refractivity contribution in [2.45, 2.75) is 20.5 Å². The van der Waals surface area contributed by atoms with Gasteiger partial charge in [0.1, 0.15) is 12.4 Å². The fourth-order valence-electron chi connectivity index (χ4n) is 1.54. The molecule has 1 aromatic carbocycles. The molecule has 0 saturated heterocycles. The van der Waals surface area contributed by atoms with Crippen LogP contribution in [0.3, 0.4) is 0 Å². The second-order valence-electron chi connectivity index (χ2n) is 3.99. The van der Waals surface area contributed by atoms with Crippen molar-refractivity contribution in [3.05, 3.63) is 58.4 Å². The van der Waals surface area contributed by atoms with Crippen molar-refractivity contribution in [1.29, 1.82) is 0 Å². The van der Waals surface area contributed by atoms with Crippen molar-refractivity contribution >= 4 is 11.6 Å². The highest BCUT2D eigenvalue weighted by Crippen LogP contribution is 2.25. The van der Waals surface area contributed by atoms with Crippen LogP contribution >= 0.6 is 11.6 Å². The Morgan fingerprint density at radius 3 is 2.76 bits per heavy atom. The van der Waals surface area contributed by atoms with E-state index in [2.05, 4.69) is 4.98 Å². The van der Waals surface area contributed by atoms with Gasteiger partial charge in [0.15, 0.2) is 0 Å². The van der Waals surface area contributed by atoms with E-state index in [0.717, 1.165) is 16.8 Å². The van der Waals surface area contributed by atoms with E-state index < -0.39 is 0 Å². The SMILES string of the molecule is Cc1ccc(OCc2ncccc2C)c(Cl)c1. The molecular weight excluding hydrogens is 234 g/mol. The Balaban J connectivity index is 2.10. The van der Waals surface area contributed by atoms with Gasteiger partial charge in [-0.25, -0.2) is 0 Å². The molecule has 1 aromatic heterocycles. The predicted molar refractivity (Wildman–Crippen MR) is 69.5 cm³/mol. The van der Waals surface area contributed by atoms with Crippen molar-refractivity contribution in [3.63, 3.8) is 0 Å². The van der Waals surface area contributed by atoms with E-state index in [1.807, 2.05) is 44.2 Å². The van der Waals surface area contributed by atoms with Crippen LogP contribution in [0, 0.1) is 13.8 Å². The van der Waals surface area contributed by atoms with Gasteiger partial charge in [0.25, 0.3) is 0 Å². The first-order chi connectivity index (χ1) is 8.16. The Bertz CT molecular complexity index is 525. The third-order valence-electron chi connectivity index (χ3n) is 2.57. The van der Waals surface area contributed by atoms with Crippen LogP contribution in [0.15, 0.2) is 36.5 Å². The number of benzene rings is 1. The number of hydrogen-bond acceptors (Lipinski definition) is 2. The van der Waals surface area contributed by atoms with Crippen molar-refractivity contribution in [3.8, 4) is 5.75 Å². The second-order valence-corrected chi connectivity index (χ2v) is 4.40. The lowest BCUT2D eigenvalue weighted by atomic mass is 10.2. The number of hydrogen-bond donors (Lipinski definition) is 0. The van der Waals surface area contributed by atoms with Gasteiger partial charge in [-0.05, 0) is 43.2 Å². The van der Waals surface area contributed by atoms with Gasteiger partial charge in [0, 0.05) is 6.20 Å². The smallest absolute Gasteiger partial charge is 0.138 e. The van der Waals surface area contributed by atoms with Gasteiger partial charge in [-0.1, -0.05) is 23.7 Å². The van der Waals surface area contributed by atoms with Gasteiger partial charge >= 0.3 is 0 Å². The largest absolute Gasteiger partial charge is 0.486 e. The molecule has 0 bridgehead atoms. The first kappa shape index (κ1) is 11.9. The van der Waals surface area contributed by atoms with Crippen LogP contribution in [0.2, 0.25) is 5.02 Å². The molecule has 1 heterocycles. The maximum absolute atomic E-state index is 6.09. The van der Waals surface area contributed by atoms with E-state index in [4.69, 9.17) is 16.3 Å². The van der Waals surface area contributed by atoms with Crippen LogP contribution in [0.4, 0.5) is 0 Å². The maximum Gasteiger partial charge on any atom is 0.138 e. The highest BCUT2D eigenvalue weighted by Gasteiger charge is 2.04. The Labute approximate surface area is 106 Å². The molecule has 17 heavy (non-hydrogen) atoms. The number of pyridine rings is 1. The summed E-state index contributed by atoms with van der Waals surface area (Å²) in [6.07, 6.45) is 1.77. The number of aryl methyl sites for hydroxylation is 2. The van der Waals surface area contributed by atoms with E-state index in [-0.39, 0.29) is 0 Å². The van der Waals surface area contributed by atoms with E-state index in [0.29, 0.717) is 17.4 Å². The number of aromatic nitrogens is 1. The summed E-state index contributed by atoms with van der Waals surface area (Å²) in [7, 11) is 0. The van der Waals surface area contributed by atoms with Crippen LogP contribution in [0.1, 0.15) is 16.8 Å². The van der Waals surface area contributed by atoms with Gasteiger partial charge in [-0.2, -0.15) is 0 Å². The summed E-state index contributed by atoms with van der Waals surface area (Å²) in [4.78, 5) is 4.27. The Hall–Kier alpha value is -1.54. The molecule has 88 valence electrons. The Morgan fingerprint density at radius 1 is 1.24 bits per heavy atom. The topological polar surface area (TPSA) is 22.1 Å². The summed E-state index contributed by atoms with van der Waals surface area (Å²) in [6, 6.07) is 9.69. The molecule has 2 nitrogen and oxygen atoms in total. The molecule has 0 spiro atoms. The average molecular weight is 248 g/mol. The molecule has 2 aromatic rings. The van der Waals surface area contributed by atoms with Gasteiger partial charge in [0.2, 0.25) is 0 Å². The number of nitrogens with zero attached hydrogens (tertiary/aromatic N) is 1. The van der Waals surface area contributed by atoms with Crippen molar-refractivity contribution < 1.29 is 4.74 Å². The molecular formula is C14H14ClNO. The summed E-state index contributed by atoms with van der Waals surface area (Å²) >= 11 is 6.09. The zero-order chi connectivity index (χ0) is 12.3. The molecule has 0 aliphatic carbocycles. The van der Waals surface area contributed by atoms with Crippen LogP contribution in [-0.2, 0) is 6.61 Å². The lowest BCUT2D eigenvalue weighted by molar-refractivity contribution is 0.300. The molecule has 0 unspecified atom stereocenters. The fourth-order valence-corrected chi connectivity index (χ4v) is 1.83. The van der Waals surface area contributed by atoms with E-state index in [1.165, 1.54) is 0 Å². The predicted octanol–water partition coefficient (Wildman–Crippen LogP) is 3.93. The molecule has 0 amide bonds.